The molecule has 0 fully saturated rings. The van der Waals surface area contributed by atoms with Gasteiger partial charge in [-0.25, -0.2) is 0 Å². The standard InChI is InChI=1S/C11H15N5/c1-2-16-9(3-4-12)7-10(15-16)11-8-13-5-6-14-11/h5-8H,2-4,12H2,1H3. The molecule has 2 rings (SSSR count). The molecule has 0 aliphatic rings. The average Bonchev–Trinajstić information content (AvgIpc) is 2.74. The van der Waals surface area contributed by atoms with Crippen LogP contribution in [0, 0.1) is 0 Å². The van der Waals surface area contributed by atoms with Crippen molar-refractivity contribution in [3.05, 3.63) is 30.4 Å². The maximum atomic E-state index is 5.56. The third kappa shape index (κ3) is 2.09. The second-order valence-electron chi connectivity index (χ2n) is 3.47. The summed E-state index contributed by atoms with van der Waals surface area (Å²) in [7, 11) is 0. The van der Waals surface area contributed by atoms with Gasteiger partial charge in [0.25, 0.3) is 0 Å². The minimum Gasteiger partial charge on any atom is -0.330 e. The lowest BCUT2D eigenvalue weighted by Crippen LogP contribution is -2.09. The summed E-state index contributed by atoms with van der Waals surface area (Å²) >= 11 is 0. The van der Waals surface area contributed by atoms with E-state index in [1.807, 2.05) is 10.7 Å². The van der Waals surface area contributed by atoms with E-state index in [-0.39, 0.29) is 0 Å². The molecule has 16 heavy (non-hydrogen) atoms. The molecule has 0 amide bonds. The van der Waals surface area contributed by atoms with E-state index in [2.05, 4.69) is 22.0 Å². The molecule has 2 N–H and O–H groups in total. The van der Waals surface area contributed by atoms with E-state index in [1.54, 1.807) is 18.6 Å². The van der Waals surface area contributed by atoms with E-state index in [0.29, 0.717) is 6.54 Å². The first-order valence-electron chi connectivity index (χ1n) is 5.38. The number of nitrogens with zero attached hydrogens (tertiary/aromatic N) is 4. The third-order valence-corrected chi connectivity index (χ3v) is 2.39. The Morgan fingerprint density at radius 1 is 1.31 bits per heavy atom. The highest BCUT2D eigenvalue weighted by Crippen LogP contribution is 2.15. The highest BCUT2D eigenvalue weighted by molar-refractivity contribution is 5.52. The van der Waals surface area contributed by atoms with Crippen LogP contribution >= 0.6 is 0 Å². The van der Waals surface area contributed by atoms with Crippen molar-refractivity contribution in [2.45, 2.75) is 19.9 Å². The topological polar surface area (TPSA) is 69.6 Å². The fourth-order valence-electron chi connectivity index (χ4n) is 1.63. The fraction of sp³-hybridized carbons (Fsp3) is 0.364. The van der Waals surface area contributed by atoms with Gasteiger partial charge in [0.2, 0.25) is 0 Å². The van der Waals surface area contributed by atoms with Gasteiger partial charge in [0.05, 0.1) is 6.20 Å². The van der Waals surface area contributed by atoms with Crippen LogP contribution in [0.15, 0.2) is 24.7 Å². The van der Waals surface area contributed by atoms with Gasteiger partial charge in [0.15, 0.2) is 0 Å². The molecule has 0 saturated heterocycles. The van der Waals surface area contributed by atoms with Gasteiger partial charge in [-0.15, -0.1) is 0 Å². The quantitative estimate of drug-likeness (QED) is 0.824. The molecular formula is C11H15N5. The minimum absolute atomic E-state index is 0.631. The van der Waals surface area contributed by atoms with Crippen molar-refractivity contribution in [1.82, 2.24) is 19.7 Å². The number of rotatable bonds is 4. The zero-order chi connectivity index (χ0) is 11.4. The molecule has 0 spiro atoms. The van der Waals surface area contributed by atoms with Crippen molar-refractivity contribution < 1.29 is 0 Å². The van der Waals surface area contributed by atoms with E-state index in [0.717, 1.165) is 30.0 Å². The highest BCUT2D eigenvalue weighted by Gasteiger charge is 2.08. The lowest BCUT2D eigenvalue weighted by molar-refractivity contribution is 0.622. The number of hydrogen-bond acceptors (Lipinski definition) is 4. The molecule has 0 aliphatic heterocycles. The Bertz CT molecular complexity index is 449. The second kappa shape index (κ2) is 4.85. The SMILES string of the molecule is CCn1nc(-c2cnccn2)cc1CCN. The van der Waals surface area contributed by atoms with Crippen LogP contribution in [0.25, 0.3) is 11.4 Å². The Balaban J connectivity index is 2.36. The zero-order valence-corrected chi connectivity index (χ0v) is 9.30. The first kappa shape index (κ1) is 10.8. The molecule has 0 unspecified atom stereocenters. The van der Waals surface area contributed by atoms with Crippen molar-refractivity contribution in [3.63, 3.8) is 0 Å². The van der Waals surface area contributed by atoms with Crippen LogP contribution in [0.4, 0.5) is 0 Å². The molecule has 2 aromatic rings. The van der Waals surface area contributed by atoms with Crippen LogP contribution in [-0.2, 0) is 13.0 Å². The van der Waals surface area contributed by atoms with Crippen LogP contribution < -0.4 is 5.73 Å². The first-order chi connectivity index (χ1) is 7.85. The van der Waals surface area contributed by atoms with Crippen molar-refractivity contribution in [2.75, 3.05) is 6.54 Å². The van der Waals surface area contributed by atoms with Gasteiger partial charge in [-0.3, -0.25) is 14.6 Å². The molecule has 2 aromatic heterocycles. The molecule has 2 heterocycles. The van der Waals surface area contributed by atoms with Gasteiger partial charge in [-0.05, 0) is 19.5 Å². The van der Waals surface area contributed by atoms with Crippen molar-refractivity contribution in [1.29, 1.82) is 0 Å². The monoisotopic (exact) mass is 217 g/mol. The van der Waals surface area contributed by atoms with Crippen molar-refractivity contribution >= 4 is 0 Å². The van der Waals surface area contributed by atoms with E-state index >= 15 is 0 Å². The summed E-state index contributed by atoms with van der Waals surface area (Å²) in [4.78, 5) is 8.26. The lowest BCUT2D eigenvalue weighted by atomic mass is 10.2. The number of nitrogens with two attached hydrogens (primary N) is 1. The zero-order valence-electron chi connectivity index (χ0n) is 9.30. The van der Waals surface area contributed by atoms with E-state index in [4.69, 9.17) is 5.73 Å². The summed E-state index contributed by atoms with van der Waals surface area (Å²) in [6.45, 7) is 3.54. The molecule has 0 radical (unpaired) electrons. The maximum Gasteiger partial charge on any atom is 0.113 e. The molecule has 0 saturated carbocycles. The molecule has 5 nitrogen and oxygen atoms in total. The third-order valence-electron chi connectivity index (χ3n) is 2.39. The van der Waals surface area contributed by atoms with Crippen molar-refractivity contribution in [3.8, 4) is 11.4 Å². The van der Waals surface area contributed by atoms with Crippen LogP contribution in [0.2, 0.25) is 0 Å². The first-order valence-corrected chi connectivity index (χ1v) is 5.38. The Morgan fingerprint density at radius 2 is 2.19 bits per heavy atom. The van der Waals surface area contributed by atoms with Gasteiger partial charge in [-0.1, -0.05) is 0 Å². The van der Waals surface area contributed by atoms with Gasteiger partial charge in [0.1, 0.15) is 11.4 Å². The highest BCUT2D eigenvalue weighted by atomic mass is 15.3. The van der Waals surface area contributed by atoms with Gasteiger partial charge in [-0.2, -0.15) is 5.10 Å². The summed E-state index contributed by atoms with van der Waals surface area (Å²) in [6, 6.07) is 2.03. The normalized spacial score (nSPS) is 10.6. The molecule has 5 heteroatoms. The summed E-state index contributed by atoms with van der Waals surface area (Å²) in [5, 5.41) is 4.48. The summed E-state index contributed by atoms with van der Waals surface area (Å²) in [5.41, 5.74) is 8.37. The molecule has 0 atom stereocenters. The fourth-order valence-corrected chi connectivity index (χ4v) is 1.63. The van der Waals surface area contributed by atoms with Crippen LogP contribution in [0.1, 0.15) is 12.6 Å². The molecular weight excluding hydrogens is 202 g/mol. The van der Waals surface area contributed by atoms with Crippen LogP contribution in [0.5, 0.6) is 0 Å². The Hall–Kier alpha value is -1.75. The Morgan fingerprint density at radius 3 is 2.81 bits per heavy atom. The van der Waals surface area contributed by atoms with Gasteiger partial charge < -0.3 is 5.73 Å². The smallest absolute Gasteiger partial charge is 0.113 e. The molecule has 0 aromatic carbocycles. The molecule has 0 bridgehead atoms. The number of hydrogen-bond donors (Lipinski definition) is 1. The van der Waals surface area contributed by atoms with E-state index in [9.17, 15) is 0 Å². The second-order valence-corrected chi connectivity index (χ2v) is 3.47. The Kier molecular flexibility index (Phi) is 3.26. The largest absolute Gasteiger partial charge is 0.330 e. The Labute approximate surface area is 94.3 Å². The van der Waals surface area contributed by atoms with Gasteiger partial charge in [0, 0.05) is 31.1 Å². The number of aryl methyl sites for hydroxylation is 1. The average molecular weight is 217 g/mol. The summed E-state index contributed by atoms with van der Waals surface area (Å²) in [6.07, 6.45) is 5.87. The summed E-state index contributed by atoms with van der Waals surface area (Å²) < 4.78 is 1.96. The number of aromatic nitrogens is 4. The van der Waals surface area contributed by atoms with Gasteiger partial charge >= 0.3 is 0 Å². The van der Waals surface area contributed by atoms with Crippen LogP contribution in [-0.4, -0.2) is 26.3 Å². The lowest BCUT2D eigenvalue weighted by Gasteiger charge is -2.00. The van der Waals surface area contributed by atoms with Crippen LogP contribution in [0.3, 0.4) is 0 Å². The molecule has 0 aliphatic carbocycles. The molecule has 84 valence electrons. The van der Waals surface area contributed by atoms with E-state index in [1.165, 1.54) is 0 Å². The maximum absolute atomic E-state index is 5.56. The summed E-state index contributed by atoms with van der Waals surface area (Å²) in [5.74, 6) is 0. The van der Waals surface area contributed by atoms with E-state index < -0.39 is 0 Å². The predicted molar refractivity (Wildman–Crippen MR) is 61.7 cm³/mol. The minimum atomic E-state index is 0.631. The van der Waals surface area contributed by atoms with Crippen molar-refractivity contribution in [2.24, 2.45) is 5.73 Å². The predicted octanol–water partition coefficient (Wildman–Crippen LogP) is 0.861.